The van der Waals surface area contributed by atoms with Gasteiger partial charge in [-0.3, -0.25) is 0 Å². The summed E-state index contributed by atoms with van der Waals surface area (Å²) in [5.41, 5.74) is 10.5. The van der Waals surface area contributed by atoms with E-state index >= 15 is 0 Å². The molecule has 0 aliphatic heterocycles. The molecular weight excluding hydrogens is 681 g/mol. The Morgan fingerprint density at radius 1 is 0.375 bits per heavy atom. The fraction of sp³-hybridized carbons (Fsp3) is 0. The van der Waals surface area contributed by atoms with E-state index in [1.165, 1.54) is 32.7 Å². The molecule has 0 fully saturated rings. The van der Waals surface area contributed by atoms with Crippen LogP contribution in [-0.2, 0) is 0 Å². The number of fused-ring (bicyclic) bond motifs is 8. The van der Waals surface area contributed by atoms with E-state index in [-0.39, 0.29) is 0 Å². The van der Waals surface area contributed by atoms with E-state index in [2.05, 4.69) is 181 Å². The molecule has 3 nitrogen and oxygen atoms in total. The van der Waals surface area contributed by atoms with Crippen molar-refractivity contribution < 1.29 is 4.42 Å². The molecule has 0 bridgehead atoms. The minimum atomic E-state index is 0.617. The van der Waals surface area contributed by atoms with Gasteiger partial charge in [-0.1, -0.05) is 158 Å². The number of rotatable bonds is 6. The highest BCUT2D eigenvalue weighted by molar-refractivity contribution is 6.22. The lowest BCUT2D eigenvalue weighted by Gasteiger charge is -2.29. The Kier molecular flexibility index (Phi) is 7.49. The second kappa shape index (κ2) is 13.1. The molecule has 56 heavy (non-hydrogen) atoms. The van der Waals surface area contributed by atoms with Gasteiger partial charge in [0.1, 0.15) is 5.52 Å². The van der Waals surface area contributed by atoms with Crippen molar-refractivity contribution in [3.63, 3.8) is 0 Å². The predicted molar refractivity (Wildman–Crippen MR) is 235 cm³/mol. The smallest absolute Gasteiger partial charge is 0.227 e. The maximum atomic E-state index is 6.74. The largest absolute Gasteiger partial charge is 0.435 e. The Morgan fingerprint density at radius 3 is 1.80 bits per heavy atom. The van der Waals surface area contributed by atoms with Crippen molar-refractivity contribution in [1.29, 1.82) is 0 Å². The first-order valence-corrected chi connectivity index (χ1v) is 19.0. The van der Waals surface area contributed by atoms with E-state index in [0.717, 1.165) is 66.4 Å². The zero-order valence-electron chi connectivity index (χ0n) is 30.4. The minimum Gasteiger partial charge on any atom is -0.435 e. The highest BCUT2D eigenvalue weighted by Crippen LogP contribution is 2.47. The zero-order chi connectivity index (χ0) is 37.0. The first kappa shape index (κ1) is 32.0. The first-order valence-electron chi connectivity index (χ1n) is 19.0. The molecule has 0 aliphatic carbocycles. The van der Waals surface area contributed by atoms with Gasteiger partial charge in [0.15, 0.2) is 5.58 Å². The molecule has 0 saturated carbocycles. The van der Waals surface area contributed by atoms with Crippen molar-refractivity contribution in [2.75, 3.05) is 4.90 Å². The average Bonchev–Trinajstić information content (AvgIpc) is 3.72. The molecule has 0 aliphatic rings. The Labute approximate surface area is 324 Å². The van der Waals surface area contributed by atoms with Crippen LogP contribution in [0.5, 0.6) is 0 Å². The van der Waals surface area contributed by atoms with Crippen LogP contribution in [0.3, 0.4) is 0 Å². The number of hydrogen-bond acceptors (Lipinski definition) is 3. The maximum absolute atomic E-state index is 6.74. The van der Waals surface area contributed by atoms with Crippen molar-refractivity contribution in [3.8, 4) is 33.7 Å². The van der Waals surface area contributed by atoms with Crippen molar-refractivity contribution in [1.82, 2.24) is 4.98 Å². The van der Waals surface area contributed by atoms with E-state index in [0.29, 0.717) is 5.89 Å². The van der Waals surface area contributed by atoms with Crippen LogP contribution in [0.15, 0.2) is 211 Å². The van der Waals surface area contributed by atoms with Gasteiger partial charge in [-0.15, -0.1) is 0 Å². The number of hydrogen-bond donors (Lipinski definition) is 0. The summed E-state index contributed by atoms with van der Waals surface area (Å²) >= 11 is 0. The van der Waals surface area contributed by atoms with E-state index in [4.69, 9.17) is 9.40 Å². The van der Waals surface area contributed by atoms with Crippen LogP contribution in [0.1, 0.15) is 0 Å². The van der Waals surface area contributed by atoms with Crippen molar-refractivity contribution >= 4 is 71.3 Å². The SMILES string of the molecule is c1ccc(-c2nc3ccc4cc(-c5ccccc5)c5ccc(N(c6ccccc6-c6ccccc6)c6cccc7c6ccc6ccccc67)cc5c4c3o2)cc1. The second-order valence-electron chi connectivity index (χ2n) is 14.3. The predicted octanol–water partition coefficient (Wildman–Crippen LogP) is 14.9. The van der Waals surface area contributed by atoms with Gasteiger partial charge in [-0.2, -0.15) is 0 Å². The van der Waals surface area contributed by atoms with Crippen LogP contribution < -0.4 is 4.90 Å². The maximum Gasteiger partial charge on any atom is 0.227 e. The number of nitrogens with zero attached hydrogens (tertiary/aromatic N) is 2. The van der Waals surface area contributed by atoms with Crippen LogP contribution >= 0.6 is 0 Å². The quantitative estimate of drug-likeness (QED) is 0.161. The molecule has 0 spiro atoms. The third-order valence-electron chi connectivity index (χ3n) is 11.1. The van der Waals surface area contributed by atoms with Crippen molar-refractivity contribution in [3.05, 3.63) is 206 Å². The number of aromatic nitrogens is 1. The molecule has 0 amide bonds. The van der Waals surface area contributed by atoms with Gasteiger partial charge in [0, 0.05) is 27.6 Å². The van der Waals surface area contributed by atoms with Gasteiger partial charge in [0.25, 0.3) is 0 Å². The second-order valence-corrected chi connectivity index (χ2v) is 14.3. The van der Waals surface area contributed by atoms with Crippen LogP contribution in [0.25, 0.3) is 87.9 Å². The standard InChI is InChI=1S/C53H34N2O/c1-4-15-35(16-5-1)42-23-12-13-25-49(42)55(50-26-14-24-43-41-22-11-10-19-37(41)27-30-45(43)50)40-29-31-44-46(36-17-6-2-7-18-36)33-39-28-32-48-52(51(39)47(44)34-40)56-53(54-48)38-20-8-3-9-21-38/h1-34H. The van der Waals surface area contributed by atoms with E-state index in [9.17, 15) is 0 Å². The summed E-state index contributed by atoms with van der Waals surface area (Å²) < 4.78 is 6.74. The fourth-order valence-electron chi connectivity index (χ4n) is 8.47. The zero-order valence-corrected chi connectivity index (χ0v) is 30.4. The number of para-hydroxylation sites is 1. The van der Waals surface area contributed by atoms with Gasteiger partial charge < -0.3 is 9.32 Å². The molecular formula is C53H34N2O. The van der Waals surface area contributed by atoms with E-state index in [1.807, 2.05) is 30.3 Å². The third kappa shape index (κ3) is 5.25. The van der Waals surface area contributed by atoms with E-state index < -0.39 is 0 Å². The highest BCUT2D eigenvalue weighted by Gasteiger charge is 2.22. The molecule has 0 radical (unpaired) electrons. The number of benzene rings is 10. The summed E-state index contributed by atoms with van der Waals surface area (Å²) in [4.78, 5) is 7.44. The van der Waals surface area contributed by atoms with Crippen LogP contribution in [0.4, 0.5) is 17.1 Å². The van der Waals surface area contributed by atoms with Gasteiger partial charge in [0.05, 0.1) is 11.4 Å². The summed E-state index contributed by atoms with van der Waals surface area (Å²) in [7, 11) is 0. The van der Waals surface area contributed by atoms with Crippen molar-refractivity contribution in [2.24, 2.45) is 0 Å². The molecule has 0 atom stereocenters. The Morgan fingerprint density at radius 2 is 1.00 bits per heavy atom. The van der Waals surface area contributed by atoms with Crippen molar-refractivity contribution in [2.45, 2.75) is 0 Å². The summed E-state index contributed by atoms with van der Waals surface area (Å²) in [6.45, 7) is 0. The number of oxazole rings is 1. The Hall–Kier alpha value is -7.49. The normalized spacial score (nSPS) is 11.6. The van der Waals surface area contributed by atoms with Crippen LogP contribution in [0, 0.1) is 0 Å². The Balaban J connectivity index is 1.24. The molecule has 0 saturated heterocycles. The fourth-order valence-corrected chi connectivity index (χ4v) is 8.47. The van der Waals surface area contributed by atoms with E-state index in [1.54, 1.807) is 0 Å². The Bertz CT molecular complexity index is 3240. The summed E-state index contributed by atoms with van der Waals surface area (Å²) in [5.74, 6) is 0.617. The monoisotopic (exact) mass is 714 g/mol. The molecule has 262 valence electrons. The molecule has 11 aromatic rings. The number of anilines is 3. The van der Waals surface area contributed by atoms with Gasteiger partial charge >= 0.3 is 0 Å². The summed E-state index contributed by atoms with van der Waals surface area (Å²) in [6.07, 6.45) is 0. The summed E-state index contributed by atoms with van der Waals surface area (Å²) in [5, 5.41) is 9.27. The summed E-state index contributed by atoms with van der Waals surface area (Å²) in [6, 6.07) is 73.6. The topological polar surface area (TPSA) is 29.3 Å². The molecule has 0 N–H and O–H groups in total. The van der Waals surface area contributed by atoms with Gasteiger partial charge in [-0.25, -0.2) is 4.98 Å². The molecule has 3 heteroatoms. The molecule has 10 aromatic carbocycles. The lowest BCUT2D eigenvalue weighted by molar-refractivity contribution is 0.623. The highest BCUT2D eigenvalue weighted by atomic mass is 16.3. The molecule has 1 aromatic heterocycles. The third-order valence-corrected chi connectivity index (χ3v) is 11.1. The van der Waals surface area contributed by atoms with Crippen LogP contribution in [-0.4, -0.2) is 4.98 Å². The average molecular weight is 715 g/mol. The molecule has 1 heterocycles. The van der Waals surface area contributed by atoms with Gasteiger partial charge in [0.2, 0.25) is 5.89 Å². The molecule has 11 rings (SSSR count). The van der Waals surface area contributed by atoms with Gasteiger partial charge in [-0.05, 0) is 97.5 Å². The first-order chi connectivity index (χ1) is 27.8. The minimum absolute atomic E-state index is 0.617. The lowest BCUT2D eigenvalue weighted by atomic mass is 9.92. The lowest BCUT2D eigenvalue weighted by Crippen LogP contribution is -2.12. The van der Waals surface area contributed by atoms with Crippen LogP contribution in [0.2, 0.25) is 0 Å². The molecule has 0 unspecified atom stereocenters.